The maximum atomic E-state index is 11.9. The third kappa shape index (κ3) is 2.83. The van der Waals surface area contributed by atoms with Crippen molar-refractivity contribution >= 4 is 38.9 Å². The lowest BCUT2D eigenvalue weighted by Crippen LogP contribution is -2.11. The molecular weight excluding hydrogens is 304 g/mol. The highest BCUT2D eigenvalue weighted by atomic mass is 79.9. The van der Waals surface area contributed by atoms with Gasteiger partial charge in [-0.25, -0.2) is 4.98 Å². The van der Waals surface area contributed by atoms with Crippen LogP contribution in [0.5, 0.6) is 5.75 Å². The minimum Gasteiger partial charge on any atom is -0.495 e. The molecule has 6 heteroatoms. The van der Waals surface area contributed by atoms with Crippen molar-refractivity contribution in [1.82, 2.24) is 4.98 Å². The molecule has 2 aromatic rings. The number of halogens is 1. The first-order valence-electron chi connectivity index (χ1n) is 4.75. The molecule has 2 rings (SSSR count). The lowest BCUT2D eigenvalue weighted by Gasteiger charge is -2.04. The predicted molar refractivity (Wildman–Crippen MR) is 70.8 cm³/mol. The van der Waals surface area contributed by atoms with E-state index in [1.54, 1.807) is 31.5 Å². The van der Waals surface area contributed by atoms with Crippen molar-refractivity contribution in [3.8, 4) is 5.75 Å². The second kappa shape index (κ2) is 5.29. The lowest BCUT2D eigenvalue weighted by atomic mass is 10.3. The Kier molecular flexibility index (Phi) is 3.75. The normalized spacial score (nSPS) is 10.0. The molecule has 0 aliphatic rings. The number of nitrogens with one attached hydrogen (secondary N) is 1. The van der Waals surface area contributed by atoms with Gasteiger partial charge in [-0.2, -0.15) is 0 Å². The van der Waals surface area contributed by atoms with E-state index in [0.29, 0.717) is 16.3 Å². The van der Waals surface area contributed by atoms with Crippen LogP contribution in [-0.4, -0.2) is 18.0 Å². The van der Waals surface area contributed by atoms with Crippen LogP contribution in [0.1, 0.15) is 9.67 Å². The van der Waals surface area contributed by atoms with Crippen LogP contribution in [-0.2, 0) is 0 Å². The molecule has 2 heterocycles. The van der Waals surface area contributed by atoms with Crippen LogP contribution in [0.3, 0.4) is 0 Å². The van der Waals surface area contributed by atoms with E-state index in [-0.39, 0.29) is 5.91 Å². The smallest absolute Gasteiger partial charge is 0.269 e. The van der Waals surface area contributed by atoms with Crippen LogP contribution in [0.15, 0.2) is 34.4 Å². The fraction of sp³-hybridized carbons (Fsp3) is 0.0909. The topological polar surface area (TPSA) is 51.2 Å². The van der Waals surface area contributed by atoms with Crippen LogP contribution in [0, 0.1) is 0 Å². The van der Waals surface area contributed by atoms with Crippen LogP contribution in [0.25, 0.3) is 0 Å². The monoisotopic (exact) mass is 312 g/mol. The number of anilines is 1. The number of pyridine rings is 1. The number of ether oxygens (including phenoxy) is 1. The Balaban J connectivity index is 2.14. The summed E-state index contributed by atoms with van der Waals surface area (Å²) in [6.45, 7) is 0. The number of aromatic nitrogens is 1. The fourth-order valence-corrected chi connectivity index (χ4v) is 2.25. The number of carbonyl (C=O) groups is 1. The summed E-state index contributed by atoms with van der Waals surface area (Å²) >= 11 is 4.57. The molecule has 17 heavy (non-hydrogen) atoms. The molecule has 0 saturated carbocycles. The Morgan fingerprint density at radius 3 is 2.94 bits per heavy atom. The van der Waals surface area contributed by atoms with Crippen molar-refractivity contribution in [1.29, 1.82) is 0 Å². The summed E-state index contributed by atoms with van der Waals surface area (Å²) < 4.78 is 5.82. The number of hydrogen-bond acceptors (Lipinski definition) is 4. The molecule has 0 aliphatic carbocycles. The Morgan fingerprint density at radius 1 is 1.47 bits per heavy atom. The number of rotatable bonds is 3. The van der Waals surface area contributed by atoms with Gasteiger partial charge in [-0.15, -0.1) is 11.3 Å². The Bertz CT molecular complexity index is 525. The molecule has 0 atom stereocenters. The molecule has 0 aromatic carbocycles. The first-order chi connectivity index (χ1) is 8.20. The van der Waals surface area contributed by atoms with Gasteiger partial charge in [0.1, 0.15) is 15.2 Å². The molecule has 1 N–H and O–H groups in total. The van der Waals surface area contributed by atoms with Crippen LogP contribution in [0.4, 0.5) is 5.69 Å². The SMILES string of the molecule is COc1ccsc1C(=O)Nc1ccc(Br)nc1. The van der Waals surface area contributed by atoms with Gasteiger partial charge in [-0.3, -0.25) is 4.79 Å². The highest BCUT2D eigenvalue weighted by Crippen LogP contribution is 2.25. The number of hydrogen-bond donors (Lipinski definition) is 1. The average molecular weight is 313 g/mol. The van der Waals surface area contributed by atoms with E-state index in [1.807, 2.05) is 5.38 Å². The molecule has 0 bridgehead atoms. The zero-order valence-electron chi connectivity index (χ0n) is 8.94. The van der Waals surface area contributed by atoms with Crippen LogP contribution in [0.2, 0.25) is 0 Å². The number of amides is 1. The van der Waals surface area contributed by atoms with Crippen molar-refractivity contribution in [2.75, 3.05) is 12.4 Å². The van der Waals surface area contributed by atoms with Gasteiger partial charge in [-0.05, 0) is 39.5 Å². The van der Waals surface area contributed by atoms with E-state index in [2.05, 4.69) is 26.2 Å². The van der Waals surface area contributed by atoms with Crippen molar-refractivity contribution in [3.05, 3.63) is 39.3 Å². The molecule has 0 radical (unpaired) electrons. The van der Waals surface area contributed by atoms with E-state index < -0.39 is 0 Å². The van der Waals surface area contributed by atoms with E-state index >= 15 is 0 Å². The van der Waals surface area contributed by atoms with Crippen molar-refractivity contribution in [2.45, 2.75) is 0 Å². The largest absolute Gasteiger partial charge is 0.495 e. The summed E-state index contributed by atoms with van der Waals surface area (Å²) in [5.41, 5.74) is 0.647. The van der Waals surface area contributed by atoms with Gasteiger partial charge in [0.25, 0.3) is 5.91 Å². The Labute approximate surface area is 111 Å². The zero-order chi connectivity index (χ0) is 12.3. The number of methoxy groups -OCH3 is 1. The zero-order valence-corrected chi connectivity index (χ0v) is 11.3. The maximum Gasteiger partial charge on any atom is 0.269 e. The summed E-state index contributed by atoms with van der Waals surface area (Å²) in [7, 11) is 1.54. The molecule has 2 aromatic heterocycles. The Morgan fingerprint density at radius 2 is 2.29 bits per heavy atom. The van der Waals surface area contributed by atoms with Crippen LogP contribution < -0.4 is 10.1 Å². The Hall–Kier alpha value is -1.40. The summed E-state index contributed by atoms with van der Waals surface area (Å²) in [5.74, 6) is 0.388. The summed E-state index contributed by atoms with van der Waals surface area (Å²) in [5, 5.41) is 4.57. The van der Waals surface area contributed by atoms with Gasteiger partial charge >= 0.3 is 0 Å². The van der Waals surface area contributed by atoms with Gasteiger partial charge in [0.2, 0.25) is 0 Å². The summed E-state index contributed by atoms with van der Waals surface area (Å²) in [6.07, 6.45) is 1.59. The first-order valence-corrected chi connectivity index (χ1v) is 6.42. The van der Waals surface area contributed by atoms with Crippen molar-refractivity contribution < 1.29 is 9.53 Å². The molecule has 0 aliphatic heterocycles. The van der Waals surface area contributed by atoms with E-state index in [0.717, 1.165) is 4.60 Å². The molecule has 0 saturated heterocycles. The van der Waals surface area contributed by atoms with Gasteiger partial charge in [-0.1, -0.05) is 0 Å². The van der Waals surface area contributed by atoms with Gasteiger partial charge in [0, 0.05) is 0 Å². The third-order valence-electron chi connectivity index (χ3n) is 2.04. The van der Waals surface area contributed by atoms with E-state index in [1.165, 1.54) is 11.3 Å². The highest BCUT2D eigenvalue weighted by molar-refractivity contribution is 9.10. The fourth-order valence-electron chi connectivity index (χ4n) is 1.26. The number of thiophene rings is 1. The van der Waals surface area contributed by atoms with Gasteiger partial charge in [0.15, 0.2) is 0 Å². The summed E-state index contributed by atoms with van der Waals surface area (Å²) in [6, 6.07) is 5.30. The van der Waals surface area contributed by atoms with Gasteiger partial charge < -0.3 is 10.1 Å². The van der Waals surface area contributed by atoms with E-state index in [4.69, 9.17) is 4.74 Å². The summed E-state index contributed by atoms with van der Waals surface area (Å²) in [4.78, 5) is 16.5. The molecule has 0 spiro atoms. The second-order valence-corrected chi connectivity index (χ2v) is 4.87. The van der Waals surface area contributed by atoms with Crippen LogP contribution >= 0.6 is 27.3 Å². The lowest BCUT2D eigenvalue weighted by molar-refractivity contribution is 0.102. The molecule has 0 unspecified atom stereocenters. The molecule has 1 amide bonds. The van der Waals surface area contributed by atoms with Crippen molar-refractivity contribution in [3.63, 3.8) is 0 Å². The predicted octanol–water partition coefficient (Wildman–Crippen LogP) is 3.17. The molecule has 88 valence electrons. The van der Waals surface area contributed by atoms with Gasteiger partial charge in [0.05, 0.1) is 19.0 Å². The minimum absolute atomic E-state index is 0.194. The second-order valence-electron chi connectivity index (χ2n) is 3.14. The molecule has 0 fully saturated rings. The molecule has 4 nitrogen and oxygen atoms in total. The van der Waals surface area contributed by atoms with E-state index in [9.17, 15) is 4.79 Å². The quantitative estimate of drug-likeness (QED) is 0.886. The highest BCUT2D eigenvalue weighted by Gasteiger charge is 2.13. The standard InChI is InChI=1S/C11H9BrN2O2S/c1-16-8-4-5-17-10(8)11(15)14-7-2-3-9(12)13-6-7/h2-6H,1H3,(H,14,15). The maximum absolute atomic E-state index is 11.9. The first kappa shape index (κ1) is 12.1. The molecular formula is C11H9BrN2O2S. The average Bonchev–Trinajstić information content (AvgIpc) is 2.80. The number of nitrogens with zero attached hydrogens (tertiary/aromatic N) is 1. The number of carbonyl (C=O) groups excluding carboxylic acids is 1. The van der Waals surface area contributed by atoms with Crippen molar-refractivity contribution in [2.24, 2.45) is 0 Å². The third-order valence-corrected chi connectivity index (χ3v) is 3.40. The minimum atomic E-state index is -0.194.